The number of amides is 1. The van der Waals surface area contributed by atoms with Gasteiger partial charge in [0.2, 0.25) is 5.91 Å². The highest BCUT2D eigenvalue weighted by molar-refractivity contribution is 6.12. The number of benzene rings is 1. The molecule has 3 aromatic rings. The van der Waals surface area contributed by atoms with E-state index < -0.39 is 5.41 Å². The van der Waals surface area contributed by atoms with Crippen LogP contribution in [0.4, 0.5) is 11.5 Å². The molecule has 2 aromatic heterocycles. The van der Waals surface area contributed by atoms with Crippen molar-refractivity contribution in [2.75, 3.05) is 4.90 Å². The molecule has 1 fully saturated rings. The van der Waals surface area contributed by atoms with Gasteiger partial charge in [-0.25, -0.2) is 15.0 Å². The lowest BCUT2D eigenvalue weighted by atomic mass is 9.85. The molecule has 1 saturated carbocycles. The normalized spacial score (nSPS) is 16.8. The predicted molar refractivity (Wildman–Crippen MR) is 123 cm³/mol. The third kappa shape index (κ3) is 3.60. The fourth-order valence-corrected chi connectivity index (χ4v) is 4.27. The lowest BCUT2D eigenvalue weighted by Gasteiger charge is -2.20. The zero-order valence-electron chi connectivity index (χ0n) is 18.6. The van der Waals surface area contributed by atoms with Crippen LogP contribution in [0.5, 0.6) is 0 Å². The first-order valence-corrected chi connectivity index (χ1v) is 11.1. The van der Waals surface area contributed by atoms with Crippen molar-refractivity contribution in [2.24, 2.45) is 5.92 Å². The molecule has 2 aliphatic rings. The number of hydrogen-bond acceptors (Lipinski definition) is 5. The Morgan fingerprint density at radius 2 is 1.84 bits per heavy atom. The van der Waals surface area contributed by atoms with Gasteiger partial charge in [-0.2, -0.15) is 0 Å². The number of carbonyl (C=O) groups is 2. The highest BCUT2D eigenvalue weighted by atomic mass is 16.2. The second-order valence-electron chi connectivity index (χ2n) is 9.30. The van der Waals surface area contributed by atoms with E-state index in [0.29, 0.717) is 29.7 Å². The quantitative estimate of drug-likeness (QED) is 0.508. The molecule has 1 amide bonds. The number of anilines is 2. The molecule has 1 aromatic carbocycles. The summed E-state index contributed by atoms with van der Waals surface area (Å²) in [6, 6.07) is 11.3. The summed E-state index contributed by atoms with van der Waals surface area (Å²) in [6.45, 7) is 5.70. The molecule has 0 spiro atoms. The first-order valence-electron chi connectivity index (χ1n) is 11.1. The van der Waals surface area contributed by atoms with Crippen LogP contribution in [-0.2, 0) is 10.2 Å². The van der Waals surface area contributed by atoms with Gasteiger partial charge < -0.3 is 0 Å². The molecule has 1 aliphatic heterocycles. The number of aromatic nitrogens is 3. The van der Waals surface area contributed by atoms with Crippen molar-refractivity contribution >= 4 is 23.2 Å². The predicted octanol–water partition coefficient (Wildman–Crippen LogP) is 5.18. The molecule has 0 saturated heterocycles. The number of hydrogen-bond donors (Lipinski definition) is 0. The topological polar surface area (TPSA) is 76.1 Å². The van der Waals surface area contributed by atoms with Crippen LogP contribution in [0.15, 0.2) is 48.8 Å². The molecular formula is C26H26N4O2. The molecule has 6 nitrogen and oxygen atoms in total. The number of fused-ring (bicyclic) bond motifs is 1. The molecule has 32 heavy (non-hydrogen) atoms. The molecule has 0 bridgehead atoms. The van der Waals surface area contributed by atoms with E-state index in [4.69, 9.17) is 0 Å². The summed E-state index contributed by atoms with van der Waals surface area (Å²) < 4.78 is 0. The highest BCUT2D eigenvalue weighted by Gasteiger charge is 2.45. The minimum absolute atomic E-state index is 0.0374. The Hall–Kier alpha value is -3.41. The summed E-state index contributed by atoms with van der Waals surface area (Å²) in [5.41, 5.74) is 3.26. The molecule has 6 heteroatoms. The van der Waals surface area contributed by atoms with Crippen LogP contribution in [0, 0.1) is 12.8 Å². The second kappa shape index (κ2) is 7.62. The molecule has 0 atom stereocenters. The molecule has 5 rings (SSSR count). The van der Waals surface area contributed by atoms with Crippen LogP contribution in [0.3, 0.4) is 0 Å². The summed E-state index contributed by atoms with van der Waals surface area (Å²) >= 11 is 0. The number of Topliss-reactive ketones (excluding diaryl/α,β-unsaturated/α-hetero) is 1. The number of nitrogens with zero attached hydrogens (tertiary/aromatic N) is 4. The van der Waals surface area contributed by atoms with E-state index in [2.05, 4.69) is 15.0 Å². The first kappa shape index (κ1) is 20.5. The largest absolute Gasteiger partial charge is 0.292 e. The van der Waals surface area contributed by atoms with Gasteiger partial charge in [0.1, 0.15) is 17.3 Å². The summed E-state index contributed by atoms with van der Waals surface area (Å²) in [6.07, 6.45) is 7.45. The summed E-state index contributed by atoms with van der Waals surface area (Å²) in [4.78, 5) is 41.0. The van der Waals surface area contributed by atoms with E-state index in [1.807, 2.05) is 45.0 Å². The Morgan fingerprint density at radius 3 is 2.56 bits per heavy atom. The monoisotopic (exact) mass is 426 g/mol. The van der Waals surface area contributed by atoms with E-state index in [9.17, 15) is 9.59 Å². The molecule has 3 heterocycles. The van der Waals surface area contributed by atoms with Crippen molar-refractivity contribution in [3.63, 3.8) is 0 Å². The fourth-order valence-electron chi connectivity index (χ4n) is 4.27. The van der Waals surface area contributed by atoms with Crippen molar-refractivity contribution in [1.29, 1.82) is 0 Å². The fraction of sp³-hybridized carbons (Fsp3) is 0.346. The van der Waals surface area contributed by atoms with Crippen molar-refractivity contribution in [3.05, 3.63) is 65.9 Å². The lowest BCUT2D eigenvalue weighted by Crippen LogP contribution is -2.33. The van der Waals surface area contributed by atoms with Gasteiger partial charge in [0, 0.05) is 24.4 Å². The number of carbonyl (C=O) groups excluding carboxylic acids is 2. The zero-order valence-corrected chi connectivity index (χ0v) is 18.6. The molecule has 162 valence electrons. The van der Waals surface area contributed by atoms with Crippen LogP contribution in [0.25, 0.3) is 11.1 Å². The van der Waals surface area contributed by atoms with Gasteiger partial charge in [-0.1, -0.05) is 31.0 Å². The van der Waals surface area contributed by atoms with Gasteiger partial charge in [-0.3, -0.25) is 14.5 Å². The van der Waals surface area contributed by atoms with Crippen molar-refractivity contribution in [2.45, 2.75) is 51.9 Å². The molecular weight excluding hydrogens is 400 g/mol. The summed E-state index contributed by atoms with van der Waals surface area (Å²) in [5, 5.41) is 0. The highest BCUT2D eigenvalue weighted by Crippen LogP contribution is 2.46. The maximum atomic E-state index is 13.5. The Morgan fingerprint density at radius 1 is 1.09 bits per heavy atom. The van der Waals surface area contributed by atoms with Crippen LogP contribution in [0.2, 0.25) is 0 Å². The second-order valence-corrected chi connectivity index (χ2v) is 9.30. The van der Waals surface area contributed by atoms with E-state index >= 15 is 0 Å². The molecule has 0 radical (unpaired) electrons. The number of pyridine rings is 1. The molecule has 0 N–H and O–H groups in total. The average Bonchev–Trinajstić information content (AvgIpc) is 3.60. The van der Waals surface area contributed by atoms with E-state index in [1.54, 1.807) is 29.4 Å². The van der Waals surface area contributed by atoms with Gasteiger partial charge in [-0.15, -0.1) is 0 Å². The van der Waals surface area contributed by atoms with Gasteiger partial charge in [0.15, 0.2) is 5.78 Å². The first-order chi connectivity index (χ1) is 15.3. The summed E-state index contributed by atoms with van der Waals surface area (Å²) in [5.74, 6) is 1.87. The number of rotatable bonds is 6. The van der Waals surface area contributed by atoms with Crippen LogP contribution in [-0.4, -0.2) is 26.6 Å². The standard InChI is InChI=1S/C26H26N4O2/c1-16-27-14-19(15-28-16)18-10-11-20-22(13-18)30(25(32)26(20,2)3)24-6-4-5-21(29-24)23(31)12-9-17-7-8-17/h4-6,10-11,13-15,17H,7-9,12H2,1-3H3. The Labute approximate surface area is 187 Å². The molecule has 0 unspecified atom stereocenters. The van der Waals surface area contributed by atoms with Crippen molar-refractivity contribution in [3.8, 4) is 11.1 Å². The van der Waals surface area contributed by atoms with E-state index in [0.717, 1.165) is 28.8 Å². The summed E-state index contributed by atoms with van der Waals surface area (Å²) in [7, 11) is 0. The van der Waals surface area contributed by atoms with Gasteiger partial charge in [-0.05, 0) is 62.4 Å². The number of aryl methyl sites for hydroxylation is 1. The van der Waals surface area contributed by atoms with Gasteiger partial charge in [0.05, 0.1) is 11.1 Å². The van der Waals surface area contributed by atoms with Gasteiger partial charge in [0.25, 0.3) is 0 Å². The zero-order chi connectivity index (χ0) is 22.5. The Bertz CT molecular complexity index is 1210. The average molecular weight is 427 g/mol. The SMILES string of the molecule is Cc1ncc(-c2ccc3c(c2)N(c2cccc(C(=O)CCC4CC4)n2)C(=O)C3(C)C)cn1. The third-order valence-electron chi connectivity index (χ3n) is 6.49. The smallest absolute Gasteiger partial charge is 0.242 e. The van der Waals surface area contributed by atoms with Gasteiger partial charge >= 0.3 is 0 Å². The van der Waals surface area contributed by atoms with E-state index in [1.165, 1.54) is 12.8 Å². The Balaban J connectivity index is 1.53. The Kier molecular flexibility index (Phi) is 4.88. The lowest BCUT2D eigenvalue weighted by molar-refractivity contribution is -0.121. The van der Waals surface area contributed by atoms with Crippen LogP contribution < -0.4 is 4.90 Å². The third-order valence-corrected chi connectivity index (χ3v) is 6.49. The minimum atomic E-state index is -0.689. The van der Waals surface area contributed by atoms with E-state index in [-0.39, 0.29) is 11.7 Å². The maximum absolute atomic E-state index is 13.5. The van der Waals surface area contributed by atoms with Crippen LogP contribution >= 0.6 is 0 Å². The minimum Gasteiger partial charge on any atom is -0.292 e. The maximum Gasteiger partial charge on any atom is 0.242 e. The van der Waals surface area contributed by atoms with Crippen LogP contribution in [0.1, 0.15) is 61.4 Å². The van der Waals surface area contributed by atoms with Crippen molar-refractivity contribution in [1.82, 2.24) is 15.0 Å². The number of ketones is 1. The molecule has 1 aliphatic carbocycles. The van der Waals surface area contributed by atoms with Crippen molar-refractivity contribution < 1.29 is 9.59 Å².